The van der Waals surface area contributed by atoms with Gasteiger partial charge in [0.05, 0.1) is 25.2 Å². The summed E-state index contributed by atoms with van der Waals surface area (Å²) < 4.78 is 31.0. The van der Waals surface area contributed by atoms with Gasteiger partial charge in [0.2, 0.25) is 15.9 Å². The van der Waals surface area contributed by atoms with Crippen LogP contribution in [0.2, 0.25) is 5.02 Å². The fourth-order valence-corrected chi connectivity index (χ4v) is 3.96. The Morgan fingerprint density at radius 2 is 1.87 bits per heavy atom. The highest BCUT2D eigenvalue weighted by Gasteiger charge is 2.34. The first-order chi connectivity index (χ1) is 10.8. The van der Waals surface area contributed by atoms with E-state index >= 15 is 0 Å². The minimum Gasteiger partial charge on any atom is -0.378 e. The molecule has 1 aromatic carbocycles. The summed E-state index contributed by atoms with van der Waals surface area (Å²) in [6.45, 7) is 3.71. The molecule has 0 radical (unpaired) electrons. The third-order valence-corrected chi connectivity index (χ3v) is 5.15. The predicted octanol–water partition coefficient (Wildman–Crippen LogP) is 1.74. The predicted molar refractivity (Wildman–Crippen MR) is 90.3 cm³/mol. The van der Waals surface area contributed by atoms with Gasteiger partial charge in [-0.05, 0) is 30.7 Å². The highest BCUT2D eigenvalue weighted by atomic mass is 35.5. The van der Waals surface area contributed by atoms with Crippen molar-refractivity contribution in [3.05, 3.63) is 29.3 Å². The quantitative estimate of drug-likeness (QED) is 0.802. The average molecular weight is 361 g/mol. The number of morpholine rings is 1. The summed E-state index contributed by atoms with van der Waals surface area (Å²) >= 11 is 5.87. The van der Waals surface area contributed by atoms with E-state index in [0.29, 0.717) is 43.4 Å². The fourth-order valence-electron chi connectivity index (χ4n) is 2.63. The molecule has 1 heterocycles. The standard InChI is InChI=1S/C15H21ClN2O4S/c1-3-14(15(19)17-8-10-22-11-9-17)18(23(2,20)21)13-6-4-12(16)5-7-13/h4-7,14H,3,8-11H2,1-2H3/t14-/m1/s1. The molecule has 0 aromatic heterocycles. The summed E-state index contributed by atoms with van der Waals surface area (Å²) in [5, 5.41) is 0.509. The van der Waals surface area contributed by atoms with Crippen molar-refractivity contribution in [3.8, 4) is 0 Å². The van der Waals surface area contributed by atoms with Gasteiger partial charge in [-0.1, -0.05) is 18.5 Å². The number of nitrogens with zero attached hydrogens (tertiary/aromatic N) is 2. The molecule has 6 nitrogen and oxygen atoms in total. The van der Waals surface area contributed by atoms with Gasteiger partial charge in [0.25, 0.3) is 0 Å². The Morgan fingerprint density at radius 1 is 1.30 bits per heavy atom. The molecule has 23 heavy (non-hydrogen) atoms. The van der Waals surface area contributed by atoms with Crippen LogP contribution in [0.5, 0.6) is 0 Å². The lowest BCUT2D eigenvalue weighted by Crippen LogP contribution is -2.53. The van der Waals surface area contributed by atoms with Crippen LogP contribution in [0.3, 0.4) is 0 Å². The molecule has 1 saturated heterocycles. The van der Waals surface area contributed by atoms with Crippen LogP contribution < -0.4 is 4.31 Å². The van der Waals surface area contributed by atoms with Crippen LogP contribution in [0, 0.1) is 0 Å². The number of halogens is 1. The average Bonchev–Trinajstić information content (AvgIpc) is 2.53. The minimum atomic E-state index is -3.61. The van der Waals surface area contributed by atoms with Crippen LogP contribution in [0.1, 0.15) is 13.3 Å². The summed E-state index contributed by atoms with van der Waals surface area (Å²) in [6, 6.07) is 5.67. The molecule has 0 spiro atoms. The molecule has 0 saturated carbocycles. The maximum atomic E-state index is 12.8. The topological polar surface area (TPSA) is 66.9 Å². The zero-order valence-corrected chi connectivity index (χ0v) is 14.8. The summed E-state index contributed by atoms with van der Waals surface area (Å²) in [5.74, 6) is -0.198. The lowest BCUT2D eigenvalue weighted by molar-refractivity contribution is -0.136. The number of benzene rings is 1. The van der Waals surface area contributed by atoms with E-state index in [9.17, 15) is 13.2 Å². The number of amides is 1. The van der Waals surface area contributed by atoms with Crippen molar-refractivity contribution in [2.45, 2.75) is 19.4 Å². The van der Waals surface area contributed by atoms with Crippen molar-refractivity contribution in [3.63, 3.8) is 0 Å². The summed E-state index contributed by atoms with van der Waals surface area (Å²) in [4.78, 5) is 14.5. The molecule has 0 bridgehead atoms. The Labute approximate surface area is 142 Å². The zero-order chi connectivity index (χ0) is 17.0. The smallest absolute Gasteiger partial charge is 0.246 e. The maximum Gasteiger partial charge on any atom is 0.246 e. The molecule has 0 N–H and O–H groups in total. The van der Waals surface area contributed by atoms with E-state index in [-0.39, 0.29) is 5.91 Å². The summed E-state index contributed by atoms with van der Waals surface area (Å²) in [7, 11) is -3.61. The number of hydrogen-bond acceptors (Lipinski definition) is 4. The number of sulfonamides is 1. The van der Waals surface area contributed by atoms with E-state index in [0.717, 1.165) is 6.26 Å². The van der Waals surface area contributed by atoms with Crippen LogP contribution in [0.4, 0.5) is 5.69 Å². The van der Waals surface area contributed by atoms with E-state index < -0.39 is 16.1 Å². The Morgan fingerprint density at radius 3 is 2.35 bits per heavy atom. The van der Waals surface area contributed by atoms with E-state index in [1.165, 1.54) is 4.31 Å². The second-order valence-corrected chi connectivity index (χ2v) is 7.69. The van der Waals surface area contributed by atoms with Gasteiger partial charge in [0.15, 0.2) is 0 Å². The second-order valence-electron chi connectivity index (χ2n) is 5.40. The molecule has 0 unspecified atom stereocenters. The van der Waals surface area contributed by atoms with Crippen LogP contribution in [0.15, 0.2) is 24.3 Å². The van der Waals surface area contributed by atoms with Gasteiger partial charge in [-0.25, -0.2) is 8.42 Å². The lowest BCUT2D eigenvalue weighted by atomic mass is 10.1. The SMILES string of the molecule is CC[C@H](C(=O)N1CCOCC1)N(c1ccc(Cl)cc1)S(C)(=O)=O. The Bertz CT molecular complexity index is 642. The molecule has 0 aliphatic carbocycles. The zero-order valence-electron chi connectivity index (χ0n) is 13.2. The molecule has 1 aliphatic rings. The number of hydrogen-bond donors (Lipinski definition) is 0. The van der Waals surface area contributed by atoms with Gasteiger partial charge in [-0.3, -0.25) is 9.10 Å². The number of carbonyl (C=O) groups is 1. The van der Waals surface area contributed by atoms with Crippen LogP contribution in [0.25, 0.3) is 0 Å². The van der Waals surface area contributed by atoms with Gasteiger partial charge in [-0.15, -0.1) is 0 Å². The van der Waals surface area contributed by atoms with Gasteiger partial charge in [0.1, 0.15) is 6.04 Å². The van der Waals surface area contributed by atoms with Crippen molar-refractivity contribution in [1.29, 1.82) is 0 Å². The van der Waals surface area contributed by atoms with E-state index in [4.69, 9.17) is 16.3 Å². The first-order valence-corrected chi connectivity index (χ1v) is 9.68. The van der Waals surface area contributed by atoms with Crippen molar-refractivity contribution in [2.75, 3.05) is 36.9 Å². The van der Waals surface area contributed by atoms with Crippen LogP contribution in [-0.2, 0) is 19.6 Å². The maximum absolute atomic E-state index is 12.8. The monoisotopic (exact) mass is 360 g/mol. The Kier molecular flexibility index (Phi) is 5.89. The van der Waals surface area contributed by atoms with Crippen molar-refractivity contribution < 1.29 is 17.9 Å². The van der Waals surface area contributed by atoms with E-state index in [1.54, 1.807) is 36.1 Å². The normalized spacial score (nSPS) is 16.9. The van der Waals surface area contributed by atoms with Gasteiger partial charge in [0, 0.05) is 18.1 Å². The second kappa shape index (κ2) is 7.51. The van der Waals surface area contributed by atoms with E-state index in [2.05, 4.69) is 0 Å². The molecule has 8 heteroatoms. The van der Waals surface area contributed by atoms with Gasteiger partial charge < -0.3 is 9.64 Å². The molecule has 1 amide bonds. The number of carbonyl (C=O) groups excluding carboxylic acids is 1. The third-order valence-electron chi connectivity index (χ3n) is 3.72. The Hall–Kier alpha value is -1.31. The lowest BCUT2D eigenvalue weighted by Gasteiger charge is -2.35. The number of rotatable bonds is 5. The van der Waals surface area contributed by atoms with Crippen molar-refractivity contribution in [1.82, 2.24) is 4.90 Å². The van der Waals surface area contributed by atoms with Crippen LogP contribution in [-0.4, -0.2) is 57.8 Å². The molecule has 1 fully saturated rings. The highest BCUT2D eigenvalue weighted by Crippen LogP contribution is 2.25. The molecule has 2 rings (SSSR count). The first kappa shape index (κ1) is 18.0. The van der Waals surface area contributed by atoms with Crippen molar-refractivity contribution in [2.24, 2.45) is 0 Å². The Balaban J connectivity index is 2.35. The van der Waals surface area contributed by atoms with E-state index in [1.807, 2.05) is 0 Å². The highest BCUT2D eigenvalue weighted by molar-refractivity contribution is 7.92. The molecule has 1 aromatic rings. The molecular weight excluding hydrogens is 340 g/mol. The number of ether oxygens (including phenoxy) is 1. The van der Waals surface area contributed by atoms with Gasteiger partial charge in [-0.2, -0.15) is 0 Å². The minimum absolute atomic E-state index is 0.198. The fraction of sp³-hybridized carbons (Fsp3) is 0.533. The summed E-state index contributed by atoms with van der Waals surface area (Å²) in [6.07, 6.45) is 1.49. The molecule has 1 aliphatic heterocycles. The molecule has 1 atom stereocenters. The first-order valence-electron chi connectivity index (χ1n) is 7.46. The summed E-state index contributed by atoms with van der Waals surface area (Å²) in [5.41, 5.74) is 0.436. The number of anilines is 1. The third kappa shape index (κ3) is 4.37. The molecular formula is C15H21ClN2O4S. The van der Waals surface area contributed by atoms with Crippen molar-refractivity contribution >= 4 is 33.2 Å². The molecule has 128 valence electrons. The largest absolute Gasteiger partial charge is 0.378 e. The van der Waals surface area contributed by atoms with Gasteiger partial charge >= 0.3 is 0 Å². The van der Waals surface area contributed by atoms with Crippen LogP contribution >= 0.6 is 11.6 Å².